The van der Waals surface area contributed by atoms with Gasteiger partial charge in [-0.2, -0.15) is 0 Å². The van der Waals surface area contributed by atoms with Gasteiger partial charge in [0.1, 0.15) is 16.5 Å². The Morgan fingerprint density at radius 1 is 0.920 bits per heavy atom. The molecule has 3 nitrogen and oxygen atoms in total. The summed E-state index contributed by atoms with van der Waals surface area (Å²) >= 11 is 3.36. The Balaban J connectivity index is 2.20. The van der Waals surface area contributed by atoms with Gasteiger partial charge in [0.25, 0.3) is 0 Å². The molecule has 0 saturated carbocycles. The molecular formula is C18H12BrF2NO2S. The number of benzene rings is 2. The molecule has 1 heterocycles. The average Bonchev–Trinajstić information content (AvgIpc) is 2.53. The molecule has 0 fully saturated rings. The molecule has 0 aliphatic carbocycles. The lowest BCUT2D eigenvalue weighted by molar-refractivity contribution is 0.522. The molecule has 3 rings (SSSR count). The van der Waals surface area contributed by atoms with Gasteiger partial charge in [0.2, 0.25) is 0 Å². The summed E-state index contributed by atoms with van der Waals surface area (Å²) in [6.07, 6.45) is 3.84. The Kier molecular flexibility index (Phi) is 4.71. The van der Waals surface area contributed by atoms with Crippen LogP contribution in [0.1, 0.15) is 0 Å². The van der Waals surface area contributed by atoms with E-state index in [1.54, 1.807) is 12.3 Å². The molecule has 1 aromatic heterocycles. The second kappa shape index (κ2) is 6.65. The number of rotatable bonds is 3. The molecule has 0 spiro atoms. The molecule has 2 aromatic carbocycles. The van der Waals surface area contributed by atoms with Gasteiger partial charge in [0.15, 0.2) is 9.84 Å². The monoisotopic (exact) mass is 423 g/mol. The average molecular weight is 424 g/mol. The first-order valence-corrected chi connectivity index (χ1v) is 9.85. The van der Waals surface area contributed by atoms with E-state index in [2.05, 4.69) is 20.9 Å². The molecule has 0 saturated heterocycles. The van der Waals surface area contributed by atoms with Crippen LogP contribution in [-0.4, -0.2) is 19.7 Å². The second-order valence-corrected chi connectivity index (χ2v) is 8.34. The van der Waals surface area contributed by atoms with Gasteiger partial charge in [-0.15, -0.1) is 0 Å². The van der Waals surface area contributed by atoms with Crippen molar-refractivity contribution in [1.29, 1.82) is 0 Å². The largest absolute Gasteiger partial charge is 0.264 e. The number of halogens is 3. The van der Waals surface area contributed by atoms with Crippen LogP contribution in [0.2, 0.25) is 0 Å². The van der Waals surface area contributed by atoms with E-state index in [9.17, 15) is 17.2 Å². The Bertz CT molecular complexity index is 1030. The summed E-state index contributed by atoms with van der Waals surface area (Å²) in [6.45, 7) is 0. The van der Waals surface area contributed by atoms with Crippen LogP contribution in [0.25, 0.3) is 22.3 Å². The smallest absolute Gasteiger partial charge is 0.181 e. The molecule has 0 bridgehead atoms. The number of aromatic nitrogens is 1. The van der Waals surface area contributed by atoms with Crippen molar-refractivity contribution in [3.8, 4) is 22.3 Å². The fourth-order valence-electron chi connectivity index (χ4n) is 2.58. The number of hydrogen-bond donors (Lipinski definition) is 0. The molecule has 7 heteroatoms. The van der Waals surface area contributed by atoms with Gasteiger partial charge < -0.3 is 0 Å². The van der Waals surface area contributed by atoms with Crippen molar-refractivity contribution in [3.05, 3.63) is 71.0 Å². The molecule has 0 amide bonds. The molecule has 0 aliphatic heterocycles. The Morgan fingerprint density at radius 3 is 2.08 bits per heavy atom. The van der Waals surface area contributed by atoms with E-state index in [1.807, 2.05) is 24.3 Å². The van der Waals surface area contributed by atoms with Crippen LogP contribution >= 0.6 is 15.9 Å². The van der Waals surface area contributed by atoms with Crippen molar-refractivity contribution < 1.29 is 17.2 Å². The predicted molar refractivity (Wildman–Crippen MR) is 95.8 cm³/mol. The topological polar surface area (TPSA) is 47.0 Å². The summed E-state index contributed by atoms with van der Waals surface area (Å²) in [5, 5.41) is 0. The summed E-state index contributed by atoms with van der Waals surface area (Å²) < 4.78 is 52.5. The lowest BCUT2D eigenvalue weighted by atomic mass is 9.96. The first-order chi connectivity index (χ1) is 11.8. The number of nitrogens with zero attached hydrogens (tertiary/aromatic N) is 1. The van der Waals surface area contributed by atoms with Gasteiger partial charge in [-0.05, 0) is 47.0 Å². The van der Waals surface area contributed by atoms with Crippen LogP contribution in [0.4, 0.5) is 8.78 Å². The summed E-state index contributed by atoms with van der Waals surface area (Å²) in [4.78, 5) is 3.10. The van der Waals surface area contributed by atoms with Crippen molar-refractivity contribution in [1.82, 2.24) is 4.98 Å². The van der Waals surface area contributed by atoms with E-state index in [0.717, 1.165) is 34.0 Å². The standard InChI is InChI=1S/C18H12BrF2NO2S/c1-25(23,24)18-16(20)8-12(9-17(18)21)15-10-22-7-6-14(15)11-2-4-13(19)5-3-11/h2-10H,1H3. The summed E-state index contributed by atoms with van der Waals surface area (Å²) in [6, 6.07) is 11.2. The zero-order valence-corrected chi connectivity index (χ0v) is 15.4. The lowest BCUT2D eigenvalue weighted by Crippen LogP contribution is -2.05. The van der Waals surface area contributed by atoms with Crippen molar-refractivity contribution in [2.75, 3.05) is 6.26 Å². The maximum atomic E-state index is 14.2. The lowest BCUT2D eigenvalue weighted by Gasteiger charge is -2.11. The number of hydrogen-bond acceptors (Lipinski definition) is 3. The van der Waals surface area contributed by atoms with Gasteiger partial charge in [0, 0.05) is 28.7 Å². The highest BCUT2D eigenvalue weighted by atomic mass is 79.9. The Morgan fingerprint density at radius 2 is 1.52 bits per heavy atom. The van der Waals surface area contributed by atoms with Crippen molar-refractivity contribution >= 4 is 25.8 Å². The van der Waals surface area contributed by atoms with Gasteiger partial charge in [0.05, 0.1) is 0 Å². The summed E-state index contributed by atoms with van der Waals surface area (Å²) in [7, 11) is -4.00. The number of sulfone groups is 1. The fraction of sp³-hybridized carbons (Fsp3) is 0.0556. The zero-order chi connectivity index (χ0) is 18.2. The highest BCUT2D eigenvalue weighted by molar-refractivity contribution is 9.10. The minimum atomic E-state index is -4.00. The predicted octanol–water partition coefficient (Wildman–Crippen LogP) is 4.86. The van der Waals surface area contributed by atoms with E-state index in [0.29, 0.717) is 5.56 Å². The molecule has 128 valence electrons. The van der Waals surface area contributed by atoms with Crippen molar-refractivity contribution in [2.45, 2.75) is 4.90 Å². The van der Waals surface area contributed by atoms with Gasteiger partial charge >= 0.3 is 0 Å². The van der Waals surface area contributed by atoms with Crippen LogP contribution in [0, 0.1) is 11.6 Å². The van der Waals surface area contributed by atoms with E-state index in [4.69, 9.17) is 0 Å². The second-order valence-electron chi connectivity index (χ2n) is 5.47. The van der Waals surface area contributed by atoms with E-state index >= 15 is 0 Å². The van der Waals surface area contributed by atoms with E-state index in [1.165, 1.54) is 6.20 Å². The first kappa shape index (κ1) is 17.7. The summed E-state index contributed by atoms with van der Waals surface area (Å²) in [5.41, 5.74) is 2.29. The maximum Gasteiger partial charge on any atom is 0.181 e. The molecular weight excluding hydrogens is 412 g/mol. The molecule has 3 aromatic rings. The molecule has 25 heavy (non-hydrogen) atoms. The van der Waals surface area contributed by atoms with Gasteiger partial charge in [-0.3, -0.25) is 4.98 Å². The molecule has 0 aliphatic rings. The Hall–Kier alpha value is -2.12. The van der Waals surface area contributed by atoms with Crippen molar-refractivity contribution in [2.24, 2.45) is 0 Å². The third-order valence-corrected chi connectivity index (χ3v) is 5.32. The van der Waals surface area contributed by atoms with Crippen LogP contribution in [0.15, 0.2) is 64.2 Å². The van der Waals surface area contributed by atoms with Crippen LogP contribution in [-0.2, 0) is 9.84 Å². The van der Waals surface area contributed by atoms with Crippen LogP contribution in [0.5, 0.6) is 0 Å². The van der Waals surface area contributed by atoms with E-state index < -0.39 is 26.4 Å². The highest BCUT2D eigenvalue weighted by Gasteiger charge is 2.21. The van der Waals surface area contributed by atoms with Gasteiger partial charge in [-0.1, -0.05) is 28.1 Å². The van der Waals surface area contributed by atoms with Crippen molar-refractivity contribution in [3.63, 3.8) is 0 Å². The fourth-order valence-corrected chi connectivity index (χ4v) is 3.67. The summed E-state index contributed by atoms with van der Waals surface area (Å²) in [5.74, 6) is -2.24. The Labute approximate surface area is 152 Å². The highest BCUT2D eigenvalue weighted by Crippen LogP contribution is 2.34. The third-order valence-electron chi connectivity index (χ3n) is 3.66. The molecule has 0 unspecified atom stereocenters. The number of pyridine rings is 1. The SMILES string of the molecule is CS(=O)(=O)c1c(F)cc(-c2cnccc2-c2ccc(Br)cc2)cc1F. The van der Waals surface area contributed by atoms with Crippen LogP contribution in [0.3, 0.4) is 0 Å². The molecule has 0 atom stereocenters. The maximum absolute atomic E-state index is 14.2. The molecule has 0 radical (unpaired) electrons. The first-order valence-electron chi connectivity index (χ1n) is 7.17. The van der Waals surface area contributed by atoms with E-state index in [-0.39, 0.29) is 5.56 Å². The normalized spacial score (nSPS) is 11.5. The van der Waals surface area contributed by atoms with Gasteiger partial charge in [-0.25, -0.2) is 17.2 Å². The molecule has 0 N–H and O–H groups in total. The quantitative estimate of drug-likeness (QED) is 0.604. The van der Waals surface area contributed by atoms with Crippen LogP contribution < -0.4 is 0 Å². The minimum Gasteiger partial charge on any atom is -0.264 e. The zero-order valence-electron chi connectivity index (χ0n) is 13.0. The minimum absolute atomic E-state index is 0.216. The third kappa shape index (κ3) is 3.62.